The zero-order chi connectivity index (χ0) is 11.3. The van der Waals surface area contributed by atoms with Crippen LogP contribution in [0.1, 0.15) is 25.7 Å². The lowest BCUT2D eigenvalue weighted by Gasteiger charge is -2.37. The molecule has 86 valence electrons. The maximum atomic E-state index is 4.39. The topological polar surface area (TPSA) is 24.9 Å². The van der Waals surface area contributed by atoms with Gasteiger partial charge in [0, 0.05) is 23.3 Å². The Labute approximate surface area is 101 Å². The predicted octanol–water partition coefficient (Wildman–Crippen LogP) is 3.59. The first-order valence-electron chi connectivity index (χ1n) is 6.45. The van der Waals surface area contributed by atoms with Crippen LogP contribution in [0.2, 0.25) is 0 Å². The van der Waals surface area contributed by atoms with Crippen LogP contribution in [0.25, 0.3) is 10.9 Å². The summed E-state index contributed by atoms with van der Waals surface area (Å²) >= 11 is 0. The number of hydrogen-bond acceptors (Lipinski definition) is 2. The van der Waals surface area contributed by atoms with E-state index in [1.165, 1.54) is 36.8 Å². The lowest BCUT2D eigenvalue weighted by Crippen LogP contribution is -2.36. The van der Waals surface area contributed by atoms with Gasteiger partial charge in [-0.1, -0.05) is 6.07 Å². The van der Waals surface area contributed by atoms with Crippen LogP contribution < -0.4 is 5.32 Å². The quantitative estimate of drug-likeness (QED) is 0.843. The van der Waals surface area contributed by atoms with Gasteiger partial charge in [-0.3, -0.25) is 4.98 Å². The van der Waals surface area contributed by atoms with Crippen LogP contribution in [0, 0.1) is 5.41 Å². The summed E-state index contributed by atoms with van der Waals surface area (Å²) in [5, 5.41) is 4.92. The van der Waals surface area contributed by atoms with Gasteiger partial charge in [-0.15, -0.1) is 0 Å². The third-order valence-corrected chi connectivity index (χ3v) is 4.32. The number of aromatic nitrogens is 1. The Bertz CT molecular complexity index is 559. The van der Waals surface area contributed by atoms with Crippen LogP contribution in [0.4, 0.5) is 5.69 Å². The third kappa shape index (κ3) is 1.51. The lowest BCUT2D eigenvalue weighted by molar-refractivity contribution is 0.257. The molecular weight excluding hydrogens is 208 g/mol. The molecule has 1 spiro atoms. The summed E-state index contributed by atoms with van der Waals surface area (Å²) in [5.74, 6) is 0. The Morgan fingerprint density at radius 2 is 2.00 bits per heavy atom. The number of fused-ring (bicyclic) bond motifs is 1. The van der Waals surface area contributed by atoms with Gasteiger partial charge in [-0.2, -0.15) is 0 Å². The molecule has 0 saturated heterocycles. The minimum Gasteiger partial charge on any atom is -0.382 e. The fourth-order valence-electron chi connectivity index (χ4n) is 3.12. The second-order valence-corrected chi connectivity index (χ2v) is 5.63. The summed E-state index contributed by atoms with van der Waals surface area (Å²) in [6.45, 7) is 0. The SMILES string of the molecule is c1cc(NC2CC3(CC3)C2)c2cccnc2c1. The van der Waals surface area contributed by atoms with Crippen molar-refractivity contribution in [1.82, 2.24) is 4.98 Å². The standard InChI is InChI=1S/C15H16N2/c1-4-13-12(3-2-8-16-13)14(5-1)17-11-9-15(10-11)6-7-15/h1-5,8,11,17H,6-7,9-10H2. The molecule has 1 heterocycles. The van der Waals surface area contributed by atoms with Crippen molar-refractivity contribution in [3.63, 3.8) is 0 Å². The molecule has 2 aliphatic carbocycles. The second-order valence-electron chi connectivity index (χ2n) is 5.63. The zero-order valence-corrected chi connectivity index (χ0v) is 9.82. The van der Waals surface area contributed by atoms with Crippen molar-refractivity contribution in [2.45, 2.75) is 31.7 Å². The Morgan fingerprint density at radius 3 is 2.82 bits per heavy atom. The van der Waals surface area contributed by atoms with Gasteiger partial charge in [-0.05, 0) is 55.4 Å². The number of pyridine rings is 1. The van der Waals surface area contributed by atoms with Crippen LogP contribution in [0.3, 0.4) is 0 Å². The van der Waals surface area contributed by atoms with E-state index in [4.69, 9.17) is 0 Å². The number of anilines is 1. The van der Waals surface area contributed by atoms with Crippen LogP contribution in [0.15, 0.2) is 36.5 Å². The molecule has 2 fully saturated rings. The largest absolute Gasteiger partial charge is 0.382 e. The number of nitrogens with one attached hydrogen (secondary N) is 1. The summed E-state index contributed by atoms with van der Waals surface area (Å²) in [7, 11) is 0. The second kappa shape index (κ2) is 3.22. The first-order valence-corrected chi connectivity index (χ1v) is 6.45. The van der Waals surface area contributed by atoms with E-state index in [1.54, 1.807) is 0 Å². The maximum absolute atomic E-state index is 4.39. The van der Waals surface area contributed by atoms with Gasteiger partial charge in [0.15, 0.2) is 0 Å². The molecule has 0 amide bonds. The van der Waals surface area contributed by atoms with Gasteiger partial charge < -0.3 is 5.32 Å². The van der Waals surface area contributed by atoms with E-state index in [-0.39, 0.29) is 0 Å². The molecule has 0 radical (unpaired) electrons. The zero-order valence-electron chi connectivity index (χ0n) is 9.82. The molecule has 1 aromatic carbocycles. The van der Waals surface area contributed by atoms with Crippen LogP contribution in [-0.4, -0.2) is 11.0 Å². The van der Waals surface area contributed by atoms with Crippen molar-refractivity contribution in [3.8, 4) is 0 Å². The molecule has 2 aromatic rings. The highest BCUT2D eigenvalue weighted by Crippen LogP contribution is 2.61. The van der Waals surface area contributed by atoms with E-state index in [9.17, 15) is 0 Å². The monoisotopic (exact) mass is 224 g/mol. The molecule has 0 atom stereocenters. The minimum absolute atomic E-state index is 0.684. The molecule has 0 bridgehead atoms. The average Bonchev–Trinajstić information content (AvgIpc) is 3.09. The summed E-state index contributed by atoms with van der Waals surface area (Å²) in [6.07, 6.45) is 7.51. The van der Waals surface area contributed by atoms with Crippen LogP contribution >= 0.6 is 0 Å². The molecule has 2 nitrogen and oxygen atoms in total. The number of rotatable bonds is 2. The van der Waals surface area contributed by atoms with Gasteiger partial charge in [0.25, 0.3) is 0 Å². The Balaban J connectivity index is 1.62. The maximum Gasteiger partial charge on any atom is 0.0722 e. The fourth-order valence-corrected chi connectivity index (χ4v) is 3.12. The molecule has 1 N–H and O–H groups in total. The number of benzene rings is 1. The molecule has 2 saturated carbocycles. The molecule has 2 aliphatic rings. The first-order chi connectivity index (χ1) is 8.35. The molecule has 0 unspecified atom stereocenters. The van der Waals surface area contributed by atoms with Crippen LogP contribution in [-0.2, 0) is 0 Å². The number of hydrogen-bond donors (Lipinski definition) is 1. The van der Waals surface area contributed by atoms with E-state index in [1.807, 2.05) is 12.3 Å². The first kappa shape index (κ1) is 9.46. The normalized spacial score (nSPS) is 21.4. The molecule has 0 aliphatic heterocycles. The third-order valence-electron chi connectivity index (χ3n) is 4.32. The van der Waals surface area contributed by atoms with E-state index in [0.29, 0.717) is 6.04 Å². The highest BCUT2D eigenvalue weighted by molar-refractivity contribution is 5.91. The van der Waals surface area contributed by atoms with Crippen molar-refractivity contribution >= 4 is 16.6 Å². The van der Waals surface area contributed by atoms with Crippen molar-refractivity contribution < 1.29 is 0 Å². The van der Waals surface area contributed by atoms with Crippen molar-refractivity contribution in [1.29, 1.82) is 0 Å². The molecule has 4 rings (SSSR count). The Morgan fingerprint density at radius 1 is 1.12 bits per heavy atom. The van der Waals surface area contributed by atoms with E-state index in [2.05, 4.69) is 34.6 Å². The highest BCUT2D eigenvalue weighted by atomic mass is 15.0. The smallest absolute Gasteiger partial charge is 0.0722 e. The molecule has 17 heavy (non-hydrogen) atoms. The Kier molecular flexibility index (Phi) is 1.79. The molecule has 1 aromatic heterocycles. The highest BCUT2D eigenvalue weighted by Gasteiger charge is 2.52. The van der Waals surface area contributed by atoms with Gasteiger partial charge in [0.2, 0.25) is 0 Å². The minimum atomic E-state index is 0.684. The van der Waals surface area contributed by atoms with E-state index < -0.39 is 0 Å². The fraction of sp³-hybridized carbons (Fsp3) is 0.400. The van der Waals surface area contributed by atoms with Crippen molar-refractivity contribution in [2.24, 2.45) is 5.41 Å². The summed E-state index contributed by atoms with van der Waals surface area (Å²) in [4.78, 5) is 4.39. The predicted molar refractivity (Wildman–Crippen MR) is 70.1 cm³/mol. The summed E-state index contributed by atoms with van der Waals surface area (Å²) in [6, 6.07) is 11.2. The van der Waals surface area contributed by atoms with E-state index >= 15 is 0 Å². The van der Waals surface area contributed by atoms with Gasteiger partial charge in [-0.25, -0.2) is 0 Å². The average molecular weight is 224 g/mol. The number of nitrogens with zero attached hydrogens (tertiary/aromatic N) is 1. The van der Waals surface area contributed by atoms with Gasteiger partial charge >= 0.3 is 0 Å². The van der Waals surface area contributed by atoms with E-state index in [0.717, 1.165) is 10.9 Å². The van der Waals surface area contributed by atoms with Gasteiger partial charge in [0.05, 0.1) is 5.52 Å². The van der Waals surface area contributed by atoms with Crippen LogP contribution in [0.5, 0.6) is 0 Å². The molecule has 2 heteroatoms. The Hall–Kier alpha value is -1.57. The van der Waals surface area contributed by atoms with Crippen molar-refractivity contribution in [2.75, 3.05) is 5.32 Å². The van der Waals surface area contributed by atoms with Crippen molar-refractivity contribution in [3.05, 3.63) is 36.5 Å². The lowest BCUT2D eigenvalue weighted by atomic mass is 9.77. The van der Waals surface area contributed by atoms with Gasteiger partial charge in [0.1, 0.15) is 0 Å². The summed E-state index contributed by atoms with van der Waals surface area (Å²) in [5.41, 5.74) is 3.09. The summed E-state index contributed by atoms with van der Waals surface area (Å²) < 4.78 is 0. The molecular formula is C15H16N2.